The SMILES string of the molecule is Cc1ccc(CN(C(=O)CN(C)S(=O)(=O)c2ccc(Cl)cc2)C(C)C)o1. The lowest BCUT2D eigenvalue weighted by Gasteiger charge is -2.28. The van der Waals surface area contributed by atoms with Crippen LogP contribution in [0.25, 0.3) is 0 Å². The van der Waals surface area contributed by atoms with Gasteiger partial charge >= 0.3 is 0 Å². The van der Waals surface area contributed by atoms with Gasteiger partial charge in [0.15, 0.2) is 0 Å². The van der Waals surface area contributed by atoms with Gasteiger partial charge in [-0.15, -0.1) is 0 Å². The second-order valence-electron chi connectivity index (χ2n) is 6.34. The first-order valence-electron chi connectivity index (χ1n) is 8.18. The quantitative estimate of drug-likeness (QED) is 0.717. The summed E-state index contributed by atoms with van der Waals surface area (Å²) >= 11 is 5.80. The van der Waals surface area contributed by atoms with Gasteiger partial charge in [-0.25, -0.2) is 8.42 Å². The minimum atomic E-state index is -3.78. The lowest BCUT2D eigenvalue weighted by atomic mass is 10.3. The van der Waals surface area contributed by atoms with Crippen LogP contribution in [-0.4, -0.2) is 43.2 Å². The third-order valence-electron chi connectivity index (χ3n) is 3.95. The van der Waals surface area contributed by atoms with E-state index >= 15 is 0 Å². The van der Waals surface area contributed by atoms with Crippen molar-refractivity contribution in [1.29, 1.82) is 0 Å². The number of sulfonamides is 1. The molecule has 0 aliphatic rings. The van der Waals surface area contributed by atoms with Gasteiger partial charge in [-0.1, -0.05) is 11.6 Å². The summed E-state index contributed by atoms with van der Waals surface area (Å²) in [6, 6.07) is 9.39. The second kappa shape index (κ2) is 8.24. The summed E-state index contributed by atoms with van der Waals surface area (Å²) in [5.74, 6) is 1.13. The summed E-state index contributed by atoms with van der Waals surface area (Å²) in [5, 5.41) is 0.447. The van der Waals surface area contributed by atoms with E-state index in [9.17, 15) is 13.2 Å². The molecule has 0 aliphatic heterocycles. The van der Waals surface area contributed by atoms with Crippen LogP contribution >= 0.6 is 11.6 Å². The monoisotopic (exact) mass is 398 g/mol. The highest BCUT2D eigenvalue weighted by Crippen LogP contribution is 2.18. The highest BCUT2D eigenvalue weighted by Gasteiger charge is 2.26. The molecule has 0 fully saturated rings. The van der Waals surface area contributed by atoms with Crippen molar-refractivity contribution in [3.8, 4) is 0 Å². The van der Waals surface area contributed by atoms with Crippen molar-refractivity contribution >= 4 is 27.5 Å². The maximum atomic E-state index is 12.7. The number of rotatable bonds is 7. The summed E-state index contributed by atoms with van der Waals surface area (Å²) in [5.41, 5.74) is 0. The van der Waals surface area contributed by atoms with Gasteiger partial charge in [0.25, 0.3) is 0 Å². The molecule has 0 bridgehead atoms. The third-order valence-corrected chi connectivity index (χ3v) is 6.02. The van der Waals surface area contributed by atoms with Crippen LogP contribution in [0.2, 0.25) is 5.02 Å². The van der Waals surface area contributed by atoms with E-state index in [1.807, 2.05) is 32.9 Å². The molecule has 0 spiro atoms. The molecular formula is C18H23ClN2O4S. The van der Waals surface area contributed by atoms with E-state index in [2.05, 4.69) is 0 Å². The number of halogens is 1. The van der Waals surface area contributed by atoms with Gasteiger partial charge in [0.2, 0.25) is 15.9 Å². The minimum absolute atomic E-state index is 0.0926. The molecule has 0 saturated heterocycles. The average molecular weight is 399 g/mol. The summed E-state index contributed by atoms with van der Waals surface area (Å²) in [7, 11) is -2.39. The fraction of sp³-hybridized carbons (Fsp3) is 0.389. The van der Waals surface area contributed by atoms with Crippen LogP contribution in [0.1, 0.15) is 25.4 Å². The van der Waals surface area contributed by atoms with Crippen LogP contribution < -0.4 is 0 Å². The molecule has 1 aromatic heterocycles. The number of carbonyl (C=O) groups excluding carboxylic acids is 1. The Kier molecular flexibility index (Phi) is 6.49. The maximum absolute atomic E-state index is 12.7. The van der Waals surface area contributed by atoms with Crippen LogP contribution in [0.5, 0.6) is 0 Å². The largest absolute Gasteiger partial charge is 0.464 e. The zero-order valence-electron chi connectivity index (χ0n) is 15.3. The van der Waals surface area contributed by atoms with Crippen molar-refractivity contribution in [2.75, 3.05) is 13.6 Å². The average Bonchev–Trinajstić information content (AvgIpc) is 2.97. The smallest absolute Gasteiger partial charge is 0.243 e. The van der Waals surface area contributed by atoms with Crippen molar-refractivity contribution in [1.82, 2.24) is 9.21 Å². The Labute approximate surface area is 159 Å². The van der Waals surface area contributed by atoms with Crippen LogP contribution in [0.4, 0.5) is 0 Å². The Bertz CT molecular complexity index is 860. The van der Waals surface area contributed by atoms with Crippen LogP contribution in [0.15, 0.2) is 45.7 Å². The van der Waals surface area contributed by atoms with E-state index < -0.39 is 10.0 Å². The Hall–Kier alpha value is -1.83. The number of carbonyl (C=O) groups is 1. The summed E-state index contributed by atoms with van der Waals surface area (Å²) in [6.45, 7) is 5.61. The van der Waals surface area contributed by atoms with Gasteiger partial charge in [0, 0.05) is 18.1 Å². The van der Waals surface area contributed by atoms with Crippen molar-refractivity contribution in [3.63, 3.8) is 0 Å². The topological polar surface area (TPSA) is 70.8 Å². The third kappa shape index (κ3) is 4.87. The number of benzene rings is 1. The molecule has 142 valence electrons. The molecule has 26 heavy (non-hydrogen) atoms. The number of likely N-dealkylation sites (N-methyl/N-ethyl adjacent to an activating group) is 1. The lowest BCUT2D eigenvalue weighted by Crippen LogP contribution is -2.43. The van der Waals surface area contributed by atoms with E-state index in [0.717, 1.165) is 10.1 Å². The zero-order valence-corrected chi connectivity index (χ0v) is 16.8. The summed E-state index contributed by atoms with van der Waals surface area (Å²) in [4.78, 5) is 14.4. The number of hydrogen-bond acceptors (Lipinski definition) is 4. The first-order chi connectivity index (χ1) is 12.1. The Balaban J connectivity index is 2.13. The molecule has 1 amide bonds. The van der Waals surface area contributed by atoms with Crippen LogP contribution in [0.3, 0.4) is 0 Å². The number of amides is 1. The fourth-order valence-corrected chi connectivity index (χ4v) is 3.70. The molecule has 0 unspecified atom stereocenters. The second-order valence-corrected chi connectivity index (χ2v) is 8.82. The van der Waals surface area contributed by atoms with Crippen LogP contribution in [0, 0.1) is 6.92 Å². The molecule has 2 aromatic rings. The van der Waals surface area contributed by atoms with E-state index in [4.69, 9.17) is 16.0 Å². The number of aryl methyl sites for hydroxylation is 1. The molecule has 6 nitrogen and oxygen atoms in total. The molecule has 0 radical (unpaired) electrons. The molecule has 1 aromatic carbocycles. The minimum Gasteiger partial charge on any atom is -0.464 e. The molecular weight excluding hydrogens is 376 g/mol. The molecule has 0 N–H and O–H groups in total. The zero-order chi connectivity index (χ0) is 19.5. The summed E-state index contributed by atoms with van der Waals surface area (Å²) in [6.07, 6.45) is 0. The fourth-order valence-electron chi connectivity index (χ4n) is 2.45. The molecule has 1 heterocycles. The lowest BCUT2D eigenvalue weighted by molar-refractivity contribution is -0.133. The van der Waals surface area contributed by atoms with Crippen LogP contribution in [-0.2, 0) is 21.4 Å². The highest BCUT2D eigenvalue weighted by molar-refractivity contribution is 7.89. The van der Waals surface area contributed by atoms with E-state index in [0.29, 0.717) is 17.3 Å². The van der Waals surface area contributed by atoms with Gasteiger partial charge < -0.3 is 9.32 Å². The van der Waals surface area contributed by atoms with Gasteiger partial charge in [0.1, 0.15) is 11.5 Å². The maximum Gasteiger partial charge on any atom is 0.243 e. The highest BCUT2D eigenvalue weighted by atomic mass is 35.5. The first-order valence-corrected chi connectivity index (χ1v) is 9.99. The van der Waals surface area contributed by atoms with Gasteiger partial charge in [-0.05, 0) is 57.2 Å². The molecule has 0 aliphatic carbocycles. The van der Waals surface area contributed by atoms with Gasteiger partial charge in [0.05, 0.1) is 18.0 Å². The Morgan fingerprint density at radius 1 is 1.15 bits per heavy atom. The first kappa shape index (κ1) is 20.5. The normalized spacial score (nSPS) is 12.0. The summed E-state index contributed by atoms with van der Waals surface area (Å²) < 4.78 is 31.8. The predicted octanol–water partition coefficient (Wildman–Crippen LogP) is 3.30. The number of furan rings is 1. The van der Waals surface area contributed by atoms with Gasteiger partial charge in [-0.2, -0.15) is 4.31 Å². The molecule has 0 saturated carbocycles. The van der Waals surface area contributed by atoms with E-state index in [-0.39, 0.29) is 23.4 Å². The Morgan fingerprint density at radius 3 is 2.27 bits per heavy atom. The molecule has 2 rings (SSSR count). The van der Waals surface area contributed by atoms with E-state index in [1.54, 1.807) is 4.90 Å². The van der Waals surface area contributed by atoms with E-state index in [1.165, 1.54) is 31.3 Å². The standard InChI is InChI=1S/C18H23ClN2O4S/c1-13(2)21(11-16-8-5-14(3)25-16)18(22)12-20(4)26(23,24)17-9-6-15(19)7-10-17/h5-10,13H,11-12H2,1-4H3. The predicted molar refractivity (Wildman–Crippen MR) is 100 cm³/mol. The van der Waals surface area contributed by atoms with Crippen molar-refractivity contribution in [2.24, 2.45) is 0 Å². The number of nitrogens with zero attached hydrogens (tertiary/aromatic N) is 2. The van der Waals surface area contributed by atoms with Crippen molar-refractivity contribution < 1.29 is 17.6 Å². The van der Waals surface area contributed by atoms with Crippen molar-refractivity contribution in [3.05, 3.63) is 52.9 Å². The molecule has 8 heteroatoms. The van der Waals surface area contributed by atoms with Crippen molar-refractivity contribution in [2.45, 2.75) is 38.3 Å². The Morgan fingerprint density at radius 2 is 1.77 bits per heavy atom. The molecule has 0 atom stereocenters. The van der Waals surface area contributed by atoms with Gasteiger partial charge in [-0.3, -0.25) is 4.79 Å². The number of hydrogen-bond donors (Lipinski definition) is 0.